The Morgan fingerprint density at radius 1 is 1.25 bits per heavy atom. The second kappa shape index (κ2) is 7.69. The van der Waals surface area contributed by atoms with E-state index in [1.807, 2.05) is 4.57 Å². The lowest BCUT2D eigenvalue weighted by Crippen LogP contribution is -2.17. The zero-order valence-corrected chi connectivity index (χ0v) is 15.8. The molecule has 0 saturated heterocycles. The molecule has 0 aliphatic heterocycles. The molecule has 2 aromatic heterocycles. The largest absolute Gasteiger partial charge is 0.351 e. The predicted molar refractivity (Wildman–Crippen MR) is 103 cm³/mol. The number of nitrogens with one attached hydrogen (secondary N) is 2. The van der Waals surface area contributed by atoms with Crippen LogP contribution in [0, 0.1) is 11.6 Å². The Kier molecular flexibility index (Phi) is 5.11. The number of nitrogens with zero attached hydrogens (tertiary/aromatic N) is 3. The molecular weight excluding hydrogens is 364 g/mol. The molecule has 0 amide bonds. The average molecular weight is 387 g/mol. The lowest BCUT2D eigenvalue weighted by molar-refractivity contribution is 0.574. The van der Waals surface area contributed by atoms with Gasteiger partial charge in [0.05, 0.1) is 0 Å². The molecule has 3 aromatic rings. The highest BCUT2D eigenvalue weighted by Crippen LogP contribution is 2.34. The number of aromatic nitrogens is 4. The number of fused-ring (bicyclic) bond motifs is 1. The molecule has 0 bridgehead atoms. The molecule has 0 radical (unpaired) electrons. The summed E-state index contributed by atoms with van der Waals surface area (Å²) in [4.78, 5) is 24.6. The number of H-pyrrole nitrogens is 1. The first-order valence-corrected chi connectivity index (χ1v) is 9.75. The third-order valence-electron chi connectivity index (χ3n) is 5.27. The second-order valence-corrected chi connectivity index (χ2v) is 7.28. The van der Waals surface area contributed by atoms with Gasteiger partial charge in [0.25, 0.3) is 5.56 Å². The molecule has 0 atom stereocenters. The first-order chi connectivity index (χ1) is 13.6. The van der Waals surface area contributed by atoms with Crippen LogP contribution >= 0.6 is 0 Å². The Labute approximate surface area is 161 Å². The van der Waals surface area contributed by atoms with Crippen LogP contribution in [0.3, 0.4) is 0 Å². The molecule has 1 fully saturated rings. The predicted octanol–water partition coefficient (Wildman–Crippen LogP) is 4.08. The van der Waals surface area contributed by atoms with Crippen LogP contribution in [0.5, 0.6) is 0 Å². The SMILES string of the molecule is CCCn1c(C2CCCC2)nc2nc(NCc3ccc(F)cc3F)[nH]c(=O)c21. The molecule has 4 rings (SSSR count). The fourth-order valence-corrected chi connectivity index (χ4v) is 3.93. The number of halogens is 2. The van der Waals surface area contributed by atoms with Gasteiger partial charge < -0.3 is 9.88 Å². The first kappa shape index (κ1) is 18.6. The Bertz CT molecular complexity index is 1050. The number of benzene rings is 1. The van der Waals surface area contributed by atoms with Crippen LogP contribution in [0.4, 0.5) is 14.7 Å². The van der Waals surface area contributed by atoms with Crippen molar-refractivity contribution < 1.29 is 8.78 Å². The first-order valence-electron chi connectivity index (χ1n) is 9.75. The Hall–Kier alpha value is -2.77. The summed E-state index contributed by atoms with van der Waals surface area (Å²) in [5, 5.41) is 2.91. The van der Waals surface area contributed by atoms with Crippen LogP contribution in [0.2, 0.25) is 0 Å². The van der Waals surface area contributed by atoms with Crippen LogP contribution in [0.1, 0.15) is 56.3 Å². The number of rotatable bonds is 6. The summed E-state index contributed by atoms with van der Waals surface area (Å²) in [5.41, 5.74) is 0.910. The molecule has 148 valence electrons. The van der Waals surface area contributed by atoms with E-state index in [0.717, 1.165) is 37.7 Å². The highest BCUT2D eigenvalue weighted by atomic mass is 19.1. The van der Waals surface area contributed by atoms with Crippen LogP contribution in [-0.4, -0.2) is 19.5 Å². The fourth-order valence-electron chi connectivity index (χ4n) is 3.93. The molecule has 2 N–H and O–H groups in total. The minimum absolute atomic E-state index is 0.0751. The summed E-state index contributed by atoms with van der Waals surface area (Å²) in [6.45, 7) is 2.87. The van der Waals surface area contributed by atoms with Gasteiger partial charge in [-0.15, -0.1) is 0 Å². The third kappa shape index (κ3) is 3.50. The lowest BCUT2D eigenvalue weighted by atomic mass is 10.1. The maximum Gasteiger partial charge on any atom is 0.278 e. The van der Waals surface area contributed by atoms with Gasteiger partial charge in [0.15, 0.2) is 11.2 Å². The van der Waals surface area contributed by atoms with Crippen molar-refractivity contribution in [3.05, 3.63) is 51.6 Å². The molecule has 1 aliphatic rings. The van der Waals surface area contributed by atoms with E-state index in [1.54, 1.807) is 0 Å². The summed E-state index contributed by atoms with van der Waals surface area (Å²) >= 11 is 0. The van der Waals surface area contributed by atoms with Gasteiger partial charge in [-0.25, -0.2) is 13.8 Å². The van der Waals surface area contributed by atoms with E-state index in [-0.39, 0.29) is 23.6 Å². The van der Waals surface area contributed by atoms with Gasteiger partial charge in [-0.2, -0.15) is 4.98 Å². The minimum Gasteiger partial charge on any atom is -0.351 e. The summed E-state index contributed by atoms with van der Waals surface area (Å²) in [6, 6.07) is 3.39. The third-order valence-corrected chi connectivity index (χ3v) is 5.27. The van der Waals surface area contributed by atoms with Crippen molar-refractivity contribution in [1.29, 1.82) is 0 Å². The number of hydrogen-bond acceptors (Lipinski definition) is 4. The van der Waals surface area contributed by atoms with Crippen LogP contribution in [0.15, 0.2) is 23.0 Å². The quantitative estimate of drug-likeness (QED) is 0.668. The van der Waals surface area contributed by atoms with Gasteiger partial charge in [-0.1, -0.05) is 25.8 Å². The molecule has 0 unspecified atom stereocenters. The maximum atomic E-state index is 13.8. The Morgan fingerprint density at radius 3 is 2.75 bits per heavy atom. The highest BCUT2D eigenvalue weighted by molar-refractivity contribution is 5.72. The number of hydrogen-bond donors (Lipinski definition) is 2. The van der Waals surface area contributed by atoms with Gasteiger partial charge in [0, 0.05) is 30.6 Å². The van der Waals surface area contributed by atoms with E-state index in [1.165, 1.54) is 25.0 Å². The van der Waals surface area contributed by atoms with Crippen molar-refractivity contribution in [3.63, 3.8) is 0 Å². The Balaban J connectivity index is 1.66. The number of aryl methyl sites for hydroxylation is 1. The van der Waals surface area contributed by atoms with Crippen molar-refractivity contribution in [2.45, 2.75) is 58.0 Å². The Morgan fingerprint density at radius 2 is 2.04 bits per heavy atom. The molecule has 0 spiro atoms. The normalized spacial score (nSPS) is 14.8. The molecule has 1 aromatic carbocycles. The van der Waals surface area contributed by atoms with Crippen LogP contribution < -0.4 is 10.9 Å². The molecule has 1 aliphatic carbocycles. The van der Waals surface area contributed by atoms with Crippen molar-refractivity contribution in [2.75, 3.05) is 5.32 Å². The number of imidazole rings is 1. The van der Waals surface area contributed by atoms with Gasteiger partial charge in [-0.05, 0) is 25.3 Å². The average Bonchev–Trinajstić information content (AvgIpc) is 3.29. The molecule has 2 heterocycles. The highest BCUT2D eigenvalue weighted by Gasteiger charge is 2.25. The topological polar surface area (TPSA) is 75.6 Å². The zero-order valence-electron chi connectivity index (χ0n) is 15.8. The summed E-state index contributed by atoms with van der Waals surface area (Å²) < 4.78 is 28.9. The molecule has 6 nitrogen and oxygen atoms in total. The summed E-state index contributed by atoms with van der Waals surface area (Å²) in [6.07, 6.45) is 5.42. The molecule has 8 heteroatoms. The maximum absolute atomic E-state index is 13.8. The lowest BCUT2D eigenvalue weighted by Gasteiger charge is -2.12. The second-order valence-electron chi connectivity index (χ2n) is 7.28. The van der Waals surface area contributed by atoms with Gasteiger partial charge >= 0.3 is 0 Å². The van der Waals surface area contributed by atoms with E-state index in [2.05, 4.69) is 27.2 Å². The monoisotopic (exact) mass is 387 g/mol. The summed E-state index contributed by atoms with van der Waals surface area (Å²) in [7, 11) is 0. The summed E-state index contributed by atoms with van der Waals surface area (Å²) in [5.74, 6) is 0.251. The minimum atomic E-state index is -0.647. The van der Waals surface area contributed by atoms with E-state index < -0.39 is 11.6 Å². The van der Waals surface area contributed by atoms with E-state index in [4.69, 9.17) is 0 Å². The van der Waals surface area contributed by atoms with Crippen LogP contribution in [-0.2, 0) is 13.1 Å². The molecular formula is C20H23F2N5O. The van der Waals surface area contributed by atoms with Crippen LogP contribution in [0.25, 0.3) is 11.2 Å². The van der Waals surface area contributed by atoms with Gasteiger partial charge in [0.1, 0.15) is 17.5 Å². The van der Waals surface area contributed by atoms with Gasteiger partial charge in [-0.3, -0.25) is 9.78 Å². The van der Waals surface area contributed by atoms with E-state index >= 15 is 0 Å². The fraction of sp³-hybridized carbons (Fsp3) is 0.450. The van der Waals surface area contributed by atoms with Crippen molar-refractivity contribution in [1.82, 2.24) is 19.5 Å². The number of aromatic amines is 1. The smallest absolute Gasteiger partial charge is 0.278 e. The standard InChI is InChI=1S/C20H23F2N5O/c1-2-9-27-16-17(24-18(27)12-5-3-4-6-12)25-20(26-19(16)28)23-11-13-7-8-14(21)10-15(13)22/h7-8,10,12H,2-6,9,11H2,1H3,(H2,23,25,26,28). The zero-order chi connectivity index (χ0) is 19.7. The van der Waals surface area contributed by atoms with E-state index in [0.29, 0.717) is 17.1 Å². The molecule has 1 saturated carbocycles. The van der Waals surface area contributed by atoms with Gasteiger partial charge in [0.2, 0.25) is 5.95 Å². The molecule has 28 heavy (non-hydrogen) atoms. The van der Waals surface area contributed by atoms with Crippen molar-refractivity contribution in [2.24, 2.45) is 0 Å². The van der Waals surface area contributed by atoms with Crippen molar-refractivity contribution >= 4 is 17.1 Å². The van der Waals surface area contributed by atoms with Crippen molar-refractivity contribution in [3.8, 4) is 0 Å². The van der Waals surface area contributed by atoms with E-state index in [9.17, 15) is 13.6 Å². The number of anilines is 1.